The molecule has 1 amide bonds. The molecule has 3 nitrogen and oxygen atoms in total. The number of benzene rings is 2. The third kappa shape index (κ3) is 6.67. The van der Waals surface area contributed by atoms with E-state index in [0.29, 0.717) is 12.3 Å². The Morgan fingerprint density at radius 3 is 2.34 bits per heavy atom. The second-order valence-electron chi connectivity index (χ2n) is 8.57. The first kappa shape index (κ1) is 21.5. The maximum absolute atomic E-state index is 13.2. The van der Waals surface area contributed by atoms with Crippen LogP contribution in [0.4, 0.5) is 4.39 Å². The van der Waals surface area contributed by atoms with Crippen LogP contribution in [-0.2, 0) is 11.2 Å². The minimum atomic E-state index is -0.249. The van der Waals surface area contributed by atoms with Crippen LogP contribution in [0.3, 0.4) is 0 Å². The van der Waals surface area contributed by atoms with Crippen molar-refractivity contribution in [2.75, 3.05) is 19.6 Å². The van der Waals surface area contributed by atoms with Crippen molar-refractivity contribution < 1.29 is 9.18 Å². The van der Waals surface area contributed by atoms with Gasteiger partial charge in [-0.25, -0.2) is 4.39 Å². The van der Waals surface area contributed by atoms with Crippen molar-refractivity contribution in [2.45, 2.75) is 45.6 Å². The lowest BCUT2D eigenvalue weighted by molar-refractivity contribution is -0.123. The molecule has 1 aliphatic rings. The van der Waals surface area contributed by atoms with Crippen molar-refractivity contribution in [3.63, 3.8) is 0 Å². The zero-order valence-electron chi connectivity index (χ0n) is 17.6. The van der Waals surface area contributed by atoms with E-state index in [2.05, 4.69) is 54.4 Å². The Hall–Kier alpha value is -2.20. The molecule has 1 aliphatic heterocycles. The van der Waals surface area contributed by atoms with Gasteiger partial charge in [-0.2, -0.15) is 0 Å². The van der Waals surface area contributed by atoms with Gasteiger partial charge in [-0.15, -0.1) is 0 Å². The van der Waals surface area contributed by atoms with Crippen molar-refractivity contribution in [3.8, 4) is 0 Å². The van der Waals surface area contributed by atoms with Crippen LogP contribution in [0.15, 0.2) is 54.6 Å². The first-order chi connectivity index (χ1) is 14.0. The van der Waals surface area contributed by atoms with E-state index >= 15 is 0 Å². The number of carbonyl (C=O) groups is 1. The Morgan fingerprint density at radius 1 is 1.07 bits per heavy atom. The summed E-state index contributed by atoms with van der Waals surface area (Å²) in [6, 6.07) is 17.0. The Balaban J connectivity index is 1.43. The van der Waals surface area contributed by atoms with Crippen molar-refractivity contribution in [2.24, 2.45) is 11.8 Å². The van der Waals surface area contributed by atoms with Gasteiger partial charge in [0, 0.05) is 13.0 Å². The average molecular weight is 397 g/mol. The Morgan fingerprint density at radius 2 is 1.72 bits per heavy atom. The van der Waals surface area contributed by atoms with Gasteiger partial charge in [0.2, 0.25) is 5.91 Å². The molecule has 1 atom stereocenters. The van der Waals surface area contributed by atoms with E-state index in [0.717, 1.165) is 44.5 Å². The summed E-state index contributed by atoms with van der Waals surface area (Å²) in [5, 5.41) is 3.18. The number of amides is 1. The number of hydrogen-bond acceptors (Lipinski definition) is 2. The first-order valence-corrected chi connectivity index (χ1v) is 10.8. The number of hydrogen-bond donors (Lipinski definition) is 1. The summed E-state index contributed by atoms with van der Waals surface area (Å²) in [5.41, 5.74) is 2.35. The summed E-state index contributed by atoms with van der Waals surface area (Å²) >= 11 is 0. The molecule has 0 radical (unpaired) electrons. The second kappa shape index (κ2) is 10.5. The lowest BCUT2D eigenvalue weighted by Crippen LogP contribution is -2.38. The molecule has 0 aromatic heterocycles. The molecule has 4 heteroatoms. The van der Waals surface area contributed by atoms with E-state index < -0.39 is 0 Å². The first-order valence-electron chi connectivity index (χ1n) is 10.8. The minimum absolute atomic E-state index is 0.0749. The molecule has 29 heavy (non-hydrogen) atoms. The van der Waals surface area contributed by atoms with Gasteiger partial charge >= 0.3 is 0 Å². The molecular weight excluding hydrogens is 363 g/mol. The van der Waals surface area contributed by atoms with Gasteiger partial charge in [0.05, 0.1) is 6.04 Å². The van der Waals surface area contributed by atoms with E-state index in [-0.39, 0.29) is 23.7 Å². The number of carbonyl (C=O) groups excluding carboxylic acids is 1. The van der Waals surface area contributed by atoms with Crippen LogP contribution >= 0.6 is 0 Å². The number of nitrogens with zero attached hydrogens (tertiary/aromatic N) is 1. The molecule has 2 aromatic rings. The summed E-state index contributed by atoms with van der Waals surface area (Å²) < 4.78 is 13.2. The van der Waals surface area contributed by atoms with E-state index in [9.17, 15) is 9.18 Å². The molecule has 0 bridgehead atoms. The van der Waals surface area contributed by atoms with Gasteiger partial charge in [-0.1, -0.05) is 56.3 Å². The number of likely N-dealkylation sites (tertiary alicyclic amines) is 1. The predicted molar refractivity (Wildman–Crippen MR) is 116 cm³/mol. The fourth-order valence-electron chi connectivity index (χ4n) is 4.15. The molecule has 3 rings (SSSR count). The molecule has 0 spiro atoms. The monoisotopic (exact) mass is 396 g/mol. The molecule has 1 fully saturated rings. The van der Waals surface area contributed by atoms with Crippen molar-refractivity contribution >= 4 is 5.91 Å². The van der Waals surface area contributed by atoms with E-state index in [1.807, 2.05) is 0 Å². The lowest BCUT2D eigenvalue weighted by Gasteiger charge is -2.32. The van der Waals surface area contributed by atoms with Crippen LogP contribution in [0, 0.1) is 17.7 Å². The van der Waals surface area contributed by atoms with E-state index in [1.54, 1.807) is 12.1 Å². The largest absolute Gasteiger partial charge is 0.349 e. The van der Waals surface area contributed by atoms with Crippen molar-refractivity contribution in [3.05, 3.63) is 71.5 Å². The fraction of sp³-hybridized carbons (Fsp3) is 0.480. The maximum atomic E-state index is 13.2. The smallest absolute Gasteiger partial charge is 0.220 e. The van der Waals surface area contributed by atoms with Gasteiger partial charge in [-0.3, -0.25) is 4.79 Å². The third-order valence-electron chi connectivity index (χ3n) is 5.95. The highest BCUT2D eigenvalue weighted by atomic mass is 19.1. The van der Waals surface area contributed by atoms with Gasteiger partial charge in [0.1, 0.15) is 5.82 Å². The average Bonchev–Trinajstić information content (AvgIpc) is 2.73. The highest BCUT2D eigenvalue weighted by Gasteiger charge is 2.24. The maximum Gasteiger partial charge on any atom is 0.220 e. The Bertz CT molecular complexity index is 752. The molecule has 1 heterocycles. The molecule has 0 unspecified atom stereocenters. The standard InChI is InChI=1S/C25H33FN2O/c1-19(2)25(22-8-10-23(26)11-9-22)27-24(29)18-21-13-16-28(17-14-21)15-12-20-6-4-3-5-7-20/h3-11,19,21,25H,12-18H2,1-2H3,(H,27,29)/t25-/m1/s1. The van der Waals surface area contributed by atoms with Crippen LogP contribution in [0.5, 0.6) is 0 Å². The number of nitrogens with one attached hydrogen (secondary N) is 1. The number of rotatable bonds is 8. The fourth-order valence-corrected chi connectivity index (χ4v) is 4.15. The zero-order valence-corrected chi connectivity index (χ0v) is 17.6. The van der Waals surface area contributed by atoms with Crippen molar-refractivity contribution in [1.29, 1.82) is 0 Å². The van der Waals surface area contributed by atoms with E-state index in [4.69, 9.17) is 0 Å². The highest BCUT2D eigenvalue weighted by molar-refractivity contribution is 5.76. The topological polar surface area (TPSA) is 32.3 Å². The third-order valence-corrected chi connectivity index (χ3v) is 5.95. The second-order valence-corrected chi connectivity index (χ2v) is 8.57. The Labute approximate surface area is 174 Å². The number of piperidine rings is 1. The molecule has 0 aliphatic carbocycles. The van der Waals surface area contributed by atoms with Crippen LogP contribution in [0.1, 0.15) is 50.3 Å². The summed E-state index contributed by atoms with van der Waals surface area (Å²) in [4.78, 5) is 15.2. The Kier molecular flexibility index (Phi) is 7.82. The summed E-state index contributed by atoms with van der Waals surface area (Å²) in [6.07, 6.45) is 3.81. The van der Waals surface area contributed by atoms with Crippen molar-refractivity contribution in [1.82, 2.24) is 10.2 Å². The van der Waals surface area contributed by atoms with Crippen LogP contribution < -0.4 is 5.32 Å². The summed E-state index contributed by atoms with van der Waals surface area (Å²) in [5.74, 6) is 0.561. The minimum Gasteiger partial charge on any atom is -0.349 e. The quantitative estimate of drug-likeness (QED) is 0.682. The van der Waals surface area contributed by atoms with Gasteiger partial charge in [-0.05, 0) is 67.4 Å². The molecule has 0 saturated carbocycles. The van der Waals surface area contributed by atoms with Crippen LogP contribution in [0.2, 0.25) is 0 Å². The molecule has 1 saturated heterocycles. The predicted octanol–water partition coefficient (Wildman–Crippen LogP) is 4.98. The molecule has 2 aromatic carbocycles. The number of halogens is 1. The van der Waals surface area contributed by atoms with Crippen LogP contribution in [-0.4, -0.2) is 30.4 Å². The van der Waals surface area contributed by atoms with Gasteiger partial charge in [0.25, 0.3) is 0 Å². The highest BCUT2D eigenvalue weighted by Crippen LogP contribution is 2.24. The lowest BCUT2D eigenvalue weighted by atomic mass is 9.91. The summed E-state index contributed by atoms with van der Waals surface area (Å²) in [7, 11) is 0. The van der Waals surface area contributed by atoms with Crippen LogP contribution in [0.25, 0.3) is 0 Å². The molecule has 1 N–H and O–H groups in total. The normalized spacial score (nSPS) is 16.7. The van der Waals surface area contributed by atoms with Gasteiger partial charge < -0.3 is 10.2 Å². The SMILES string of the molecule is CC(C)[C@@H](NC(=O)CC1CCN(CCc2ccccc2)CC1)c1ccc(F)cc1. The summed E-state index contributed by atoms with van der Waals surface area (Å²) in [6.45, 7) is 7.38. The van der Waals surface area contributed by atoms with Gasteiger partial charge in [0.15, 0.2) is 0 Å². The van der Waals surface area contributed by atoms with E-state index in [1.165, 1.54) is 17.7 Å². The molecular formula is C25H33FN2O. The molecule has 156 valence electrons. The zero-order chi connectivity index (χ0) is 20.6.